The van der Waals surface area contributed by atoms with Gasteiger partial charge in [-0.1, -0.05) is 23.5 Å². The third kappa shape index (κ3) is 3.87. The highest BCUT2D eigenvalue weighted by atomic mass is 32.1. The van der Waals surface area contributed by atoms with E-state index in [0.29, 0.717) is 10.6 Å². The highest BCUT2D eigenvalue weighted by Gasteiger charge is 2.18. The molecule has 24 heavy (non-hydrogen) atoms. The summed E-state index contributed by atoms with van der Waals surface area (Å²) in [5, 5.41) is 9.38. The van der Waals surface area contributed by atoms with Gasteiger partial charge in [-0.25, -0.2) is 14.6 Å². The first-order valence-electron chi connectivity index (χ1n) is 6.97. The second-order valence-corrected chi connectivity index (χ2v) is 5.58. The number of esters is 1. The quantitative estimate of drug-likeness (QED) is 0.540. The fraction of sp³-hybridized carbons (Fsp3) is 0.200. The number of aryl methyl sites for hydroxylation is 1. The van der Waals surface area contributed by atoms with Gasteiger partial charge in [0.2, 0.25) is 5.13 Å². The minimum Gasteiger partial charge on any atom is -0.478 e. The molecular weight excluding hydrogens is 334 g/mol. The summed E-state index contributed by atoms with van der Waals surface area (Å²) in [5.74, 6) is -2.31. The van der Waals surface area contributed by atoms with Crippen molar-refractivity contribution in [2.45, 2.75) is 13.8 Å². The molecule has 0 spiro atoms. The van der Waals surface area contributed by atoms with Crippen LogP contribution in [0.15, 0.2) is 24.3 Å². The number of nitrogens with one attached hydrogen (secondary N) is 2. The summed E-state index contributed by atoms with van der Waals surface area (Å²) in [6.45, 7) is 3.60. The molecule has 8 nitrogen and oxygen atoms in total. The molecule has 0 saturated heterocycles. The van der Waals surface area contributed by atoms with Gasteiger partial charge in [0.25, 0.3) is 5.91 Å². The molecule has 0 radical (unpaired) electrons. The first kappa shape index (κ1) is 17.4. The van der Waals surface area contributed by atoms with Crippen molar-refractivity contribution in [2.75, 3.05) is 12.0 Å². The van der Waals surface area contributed by atoms with E-state index < -0.39 is 17.8 Å². The molecule has 0 saturated carbocycles. The van der Waals surface area contributed by atoms with Gasteiger partial charge in [-0.2, -0.15) is 0 Å². The summed E-state index contributed by atoms with van der Waals surface area (Å²) in [5.41, 5.74) is 5.31. The van der Waals surface area contributed by atoms with Gasteiger partial charge < -0.3 is 9.84 Å². The van der Waals surface area contributed by atoms with E-state index >= 15 is 0 Å². The Morgan fingerprint density at radius 2 is 1.92 bits per heavy atom. The number of thiazole rings is 1. The summed E-state index contributed by atoms with van der Waals surface area (Å²) in [6.07, 6.45) is 0. The lowest BCUT2D eigenvalue weighted by atomic mass is 10.1. The number of hydrazine groups is 1. The molecule has 1 heterocycles. The molecule has 2 aromatic rings. The maximum atomic E-state index is 12.1. The minimum absolute atomic E-state index is 0.0106. The molecule has 1 aromatic carbocycles. The average molecular weight is 349 g/mol. The lowest BCUT2D eigenvalue weighted by molar-refractivity contribution is 0.0530. The van der Waals surface area contributed by atoms with E-state index in [9.17, 15) is 14.4 Å². The largest absolute Gasteiger partial charge is 0.478 e. The van der Waals surface area contributed by atoms with Crippen molar-refractivity contribution in [1.82, 2.24) is 10.4 Å². The summed E-state index contributed by atoms with van der Waals surface area (Å²) >= 11 is 1.03. The zero-order valence-corrected chi connectivity index (χ0v) is 13.8. The average Bonchev–Trinajstić information content (AvgIpc) is 2.93. The van der Waals surface area contributed by atoms with Crippen molar-refractivity contribution in [1.29, 1.82) is 0 Å². The van der Waals surface area contributed by atoms with Crippen molar-refractivity contribution in [3.63, 3.8) is 0 Å². The number of carbonyl (C=O) groups is 3. The molecule has 2 rings (SSSR count). The number of aromatic carboxylic acids is 1. The van der Waals surface area contributed by atoms with Crippen molar-refractivity contribution < 1.29 is 24.2 Å². The minimum atomic E-state index is -1.20. The highest BCUT2D eigenvalue weighted by molar-refractivity contribution is 7.17. The van der Waals surface area contributed by atoms with Gasteiger partial charge in [0.05, 0.1) is 23.4 Å². The van der Waals surface area contributed by atoms with Gasteiger partial charge >= 0.3 is 11.9 Å². The monoisotopic (exact) mass is 349 g/mol. The highest BCUT2D eigenvalue weighted by Crippen LogP contribution is 2.22. The molecule has 0 aliphatic heterocycles. The molecule has 0 bridgehead atoms. The molecule has 0 unspecified atom stereocenters. The second-order valence-electron chi connectivity index (χ2n) is 4.58. The topological polar surface area (TPSA) is 118 Å². The van der Waals surface area contributed by atoms with E-state index in [1.165, 1.54) is 18.2 Å². The number of benzene rings is 1. The Balaban J connectivity index is 2.09. The van der Waals surface area contributed by atoms with Gasteiger partial charge in [-0.15, -0.1) is 0 Å². The van der Waals surface area contributed by atoms with E-state index in [1.807, 2.05) is 0 Å². The van der Waals surface area contributed by atoms with Crippen molar-refractivity contribution in [3.8, 4) is 0 Å². The van der Waals surface area contributed by atoms with Crippen molar-refractivity contribution in [3.05, 3.63) is 46.0 Å². The zero-order chi connectivity index (χ0) is 17.7. The van der Waals surface area contributed by atoms with Crippen LogP contribution in [0, 0.1) is 6.92 Å². The summed E-state index contributed by atoms with van der Waals surface area (Å²) in [7, 11) is 0. The van der Waals surface area contributed by atoms with E-state index in [4.69, 9.17) is 9.84 Å². The first-order valence-corrected chi connectivity index (χ1v) is 7.79. The van der Waals surface area contributed by atoms with Crippen molar-refractivity contribution >= 4 is 34.3 Å². The van der Waals surface area contributed by atoms with Gasteiger partial charge in [-0.3, -0.25) is 15.6 Å². The number of aromatic nitrogens is 1. The second kappa shape index (κ2) is 7.55. The molecule has 126 valence electrons. The van der Waals surface area contributed by atoms with Crippen LogP contribution in [-0.2, 0) is 4.74 Å². The molecule has 3 N–H and O–H groups in total. The van der Waals surface area contributed by atoms with Crippen LogP contribution in [0.4, 0.5) is 5.13 Å². The number of nitrogens with zero attached hydrogens (tertiary/aromatic N) is 1. The number of rotatable bonds is 6. The number of hydrogen-bond acceptors (Lipinski definition) is 7. The SMILES string of the molecule is CCOC(=O)c1sc(NNC(=O)c2ccccc2C(=O)O)nc1C. The van der Waals surface area contributed by atoms with E-state index in [0.717, 1.165) is 11.3 Å². The van der Waals surface area contributed by atoms with Crippen LogP contribution in [0.25, 0.3) is 0 Å². The molecule has 0 fully saturated rings. The molecule has 9 heteroatoms. The number of ether oxygens (including phenoxy) is 1. The Hall–Kier alpha value is -2.94. The summed E-state index contributed by atoms with van der Waals surface area (Å²) < 4.78 is 4.91. The van der Waals surface area contributed by atoms with Crippen molar-refractivity contribution in [2.24, 2.45) is 0 Å². The van der Waals surface area contributed by atoms with E-state index in [1.54, 1.807) is 19.9 Å². The standard InChI is InChI=1S/C15H15N3O5S/c1-3-23-14(22)11-8(2)16-15(24-11)18-17-12(19)9-6-4-5-7-10(9)13(20)21/h4-7H,3H2,1-2H3,(H,16,18)(H,17,19)(H,20,21). The van der Waals surface area contributed by atoms with Crippen LogP contribution < -0.4 is 10.9 Å². The third-order valence-corrected chi connectivity index (χ3v) is 4.00. The number of carbonyl (C=O) groups excluding carboxylic acids is 2. The number of anilines is 1. The van der Waals surface area contributed by atoms with Gasteiger partial charge in [0.1, 0.15) is 4.88 Å². The Labute approximate surface area is 141 Å². The number of amides is 1. The fourth-order valence-corrected chi connectivity index (χ4v) is 2.69. The zero-order valence-electron chi connectivity index (χ0n) is 13.0. The van der Waals surface area contributed by atoms with Crippen LogP contribution >= 0.6 is 11.3 Å². The maximum Gasteiger partial charge on any atom is 0.350 e. The van der Waals surface area contributed by atoms with Crippen LogP contribution in [0.5, 0.6) is 0 Å². The summed E-state index contributed by atoms with van der Waals surface area (Å²) in [4.78, 5) is 39.4. The Kier molecular flexibility index (Phi) is 5.48. The van der Waals surface area contributed by atoms with Gasteiger partial charge in [-0.05, 0) is 26.0 Å². The lowest BCUT2D eigenvalue weighted by Crippen LogP contribution is -2.30. The Morgan fingerprint density at radius 1 is 1.25 bits per heavy atom. The van der Waals surface area contributed by atoms with Gasteiger partial charge in [0, 0.05) is 0 Å². The predicted octanol–water partition coefficient (Wildman–Crippen LogP) is 2.08. The fourth-order valence-electron chi connectivity index (χ4n) is 1.88. The number of carboxylic acids is 1. The predicted molar refractivity (Wildman–Crippen MR) is 87.3 cm³/mol. The third-order valence-electron chi connectivity index (χ3n) is 2.94. The van der Waals surface area contributed by atoms with E-state index in [2.05, 4.69) is 15.8 Å². The maximum absolute atomic E-state index is 12.1. The molecule has 1 amide bonds. The molecule has 0 atom stereocenters. The normalized spacial score (nSPS) is 10.1. The molecule has 1 aromatic heterocycles. The van der Waals surface area contributed by atoms with Crippen LogP contribution in [0.2, 0.25) is 0 Å². The van der Waals surface area contributed by atoms with Gasteiger partial charge in [0.15, 0.2) is 0 Å². The molecule has 0 aliphatic carbocycles. The molecule has 0 aliphatic rings. The Morgan fingerprint density at radius 3 is 2.54 bits per heavy atom. The Bertz CT molecular complexity index is 787. The first-order chi connectivity index (χ1) is 11.4. The lowest BCUT2D eigenvalue weighted by Gasteiger charge is -2.07. The van der Waals surface area contributed by atoms with Crippen LogP contribution in [0.3, 0.4) is 0 Å². The summed E-state index contributed by atoms with van der Waals surface area (Å²) in [6, 6.07) is 5.83. The number of carboxylic acid groups (broad SMARTS) is 1. The van der Waals surface area contributed by atoms with Crippen LogP contribution in [0.1, 0.15) is 43.0 Å². The number of hydrogen-bond donors (Lipinski definition) is 3. The van der Waals surface area contributed by atoms with Crippen LogP contribution in [-0.4, -0.2) is 34.5 Å². The smallest absolute Gasteiger partial charge is 0.350 e. The molecular formula is C15H15N3O5S. The van der Waals surface area contributed by atoms with E-state index in [-0.39, 0.29) is 22.9 Å².